The van der Waals surface area contributed by atoms with Crippen LogP contribution in [0.25, 0.3) is 0 Å². The van der Waals surface area contributed by atoms with Crippen molar-refractivity contribution in [1.82, 2.24) is 14.7 Å². The van der Waals surface area contributed by atoms with Crippen molar-refractivity contribution in [3.05, 3.63) is 35.9 Å². The maximum absolute atomic E-state index is 13.5. The van der Waals surface area contributed by atoms with Gasteiger partial charge in [0.05, 0.1) is 0 Å². The van der Waals surface area contributed by atoms with Gasteiger partial charge in [-0.3, -0.25) is 14.4 Å². The monoisotopic (exact) mass is 401 g/mol. The summed E-state index contributed by atoms with van der Waals surface area (Å²) >= 11 is 0. The molecule has 2 saturated heterocycles. The molecule has 0 radical (unpaired) electrons. The second-order valence-corrected chi connectivity index (χ2v) is 7.75. The highest BCUT2D eigenvalue weighted by Gasteiger charge is 2.41. The Morgan fingerprint density at radius 3 is 2.48 bits per heavy atom. The Morgan fingerprint density at radius 2 is 1.83 bits per heavy atom. The molecule has 2 aliphatic heterocycles. The van der Waals surface area contributed by atoms with Gasteiger partial charge in [-0.1, -0.05) is 43.7 Å². The first-order chi connectivity index (χ1) is 14.0. The fourth-order valence-electron chi connectivity index (χ4n) is 4.03. The van der Waals surface area contributed by atoms with Crippen molar-refractivity contribution < 1.29 is 19.1 Å². The van der Waals surface area contributed by atoms with Gasteiger partial charge in [0.25, 0.3) is 0 Å². The Kier molecular flexibility index (Phi) is 7.25. The molecule has 1 atom stereocenters. The van der Waals surface area contributed by atoms with Gasteiger partial charge in [0.1, 0.15) is 6.04 Å². The molecule has 0 aliphatic carbocycles. The summed E-state index contributed by atoms with van der Waals surface area (Å²) in [7, 11) is 1.79. The van der Waals surface area contributed by atoms with E-state index >= 15 is 0 Å². The third-order valence-corrected chi connectivity index (χ3v) is 5.87. The molecule has 158 valence electrons. The molecule has 7 heteroatoms. The van der Waals surface area contributed by atoms with Gasteiger partial charge in [0, 0.05) is 45.9 Å². The Balaban J connectivity index is 1.83. The summed E-state index contributed by atoms with van der Waals surface area (Å²) in [6.45, 7) is 4.72. The third kappa shape index (κ3) is 4.78. The van der Waals surface area contributed by atoms with E-state index in [1.54, 1.807) is 16.8 Å². The molecular formula is C22H31N3O4. The van der Waals surface area contributed by atoms with E-state index < -0.39 is 17.9 Å². The number of rotatable bonds is 7. The molecule has 29 heavy (non-hydrogen) atoms. The number of likely N-dealkylation sites (N-methyl/N-ethyl adjacent to an activating group) is 1. The van der Waals surface area contributed by atoms with Gasteiger partial charge >= 0.3 is 11.8 Å². The van der Waals surface area contributed by atoms with E-state index in [1.165, 1.54) is 4.90 Å². The predicted octanol–water partition coefficient (Wildman–Crippen LogP) is 1.84. The summed E-state index contributed by atoms with van der Waals surface area (Å²) in [5, 5.41) is 0. The first-order valence-electron chi connectivity index (χ1n) is 10.5. The number of hydrogen-bond acceptors (Lipinski definition) is 4. The third-order valence-electron chi connectivity index (χ3n) is 5.87. The van der Waals surface area contributed by atoms with Gasteiger partial charge in [-0.25, -0.2) is 0 Å². The van der Waals surface area contributed by atoms with Crippen LogP contribution in [-0.2, 0) is 19.1 Å². The lowest BCUT2D eigenvalue weighted by Gasteiger charge is -2.41. The molecule has 1 aromatic rings. The molecule has 0 saturated carbocycles. The molecule has 3 rings (SSSR count). The van der Waals surface area contributed by atoms with E-state index in [1.807, 2.05) is 30.3 Å². The van der Waals surface area contributed by atoms with Crippen molar-refractivity contribution in [2.75, 3.05) is 39.9 Å². The number of amides is 3. The second-order valence-electron chi connectivity index (χ2n) is 7.75. The molecule has 0 aromatic heterocycles. The first-order valence-corrected chi connectivity index (χ1v) is 10.5. The van der Waals surface area contributed by atoms with Gasteiger partial charge in [-0.05, 0) is 24.8 Å². The number of ether oxygens (including phenoxy) is 1. The molecule has 0 unspecified atom stereocenters. The highest BCUT2D eigenvalue weighted by atomic mass is 16.5. The van der Waals surface area contributed by atoms with Crippen LogP contribution in [0.4, 0.5) is 0 Å². The number of carbonyl (C=O) groups is 3. The van der Waals surface area contributed by atoms with Crippen molar-refractivity contribution in [2.24, 2.45) is 0 Å². The van der Waals surface area contributed by atoms with Gasteiger partial charge in [0.2, 0.25) is 5.91 Å². The summed E-state index contributed by atoms with van der Waals surface area (Å²) in [6.07, 6.45) is 3.39. The summed E-state index contributed by atoms with van der Waals surface area (Å²) in [5.41, 5.74) is 0.736. The molecule has 1 aromatic carbocycles. The highest BCUT2D eigenvalue weighted by molar-refractivity contribution is 6.35. The topological polar surface area (TPSA) is 70.2 Å². The first kappa shape index (κ1) is 21.3. The SMILES string of the molecule is CCCCN1CCN([C@@H](C(=O)N(C)C2CCOCC2)c2ccccc2)C(=O)C1=O. The lowest BCUT2D eigenvalue weighted by Crippen LogP contribution is -2.58. The largest absolute Gasteiger partial charge is 0.381 e. The summed E-state index contributed by atoms with van der Waals surface area (Å²) in [5.74, 6) is -1.24. The summed E-state index contributed by atoms with van der Waals surface area (Å²) in [6, 6.07) is 8.58. The van der Waals surface area contributed by atoms with Crippen LogP contribution in [0.2, 0.25) is 0 Å². The number of unbranched alkanes of at least 4 members (excludes halogenated alkanes) is 1. The molecular weight excluding hydrogens is 370 g/mol. The fraction of sp³-hybridized carbons (Fsp3) is 0.591. The molecule has 3 amide bonds. The minimum Gasteiger partial charge on any atom is -0.381 e. The zero-order chi connectivity index (χ0) is 20.8. The van der Waals surface area contributed by atoms with Gasteiger partial charge in [-0.2, -0.15) is 0 Å². The molecule has 0 bridgehead atoms. The molecule has 7 nitrogen and oxygen atoms in total. The lowest BCUT2D eigenvalue weighted by molar-refractivity contribution is -0.161. The summed E-state index contributed by atoms with van der Waals surface area (Å²) in [4.78, 5) is 43.9. The molecule has 2 fully saturated rings. The van der Waals surface area contributed by atoms with E-state index in [0.717, 1.165) is 31.2 Å². The van der Waals surface area contributed by atoms with Gasteiger partial charge < -0.3 is 19.4 Å². The minimum absolute atomic E-state index is 0.0825. The molecule has 0 N–H and O–H groups in total. The van der Waals surface area contributed by atoms with Crippen LogP contribution in [-0.4, -0.2) is 78.4 Å². The normalized spacial score (nSPS) is 19.4. The lowest BCUT2D eigenvalue weighted by atomic mass is 10.00. The van der Waals surface area contributed by atoms with Crippen LogP contribution in [0, 0.1) is 0 Å². The molecule has 2 aliphatic rings. The second kappa shape index (κ2) is 9.87. The van der Waals surface area contributed by atoms with Crippen molar-refractivity contribution in [3.8, 4) is 0 Å². The fourth-order valence-corrected chi connectivity index (χ4v) is 4.03. The van der Waals surface area contributed by atoms with Crippen molar-refractivity contribution in [3.63, 3.8) is 0 Å². The number of benzene rings is 1. The Morgan fingerprint density at radius 1 is 1.14 bits per heavy atom. The quantitative estimate of drug-likeness (QED) is 0.654. The Bertz CT molecular complexity index is 718. The minimum atomic E-state index is -0.783. The maximum atomic E-state index is 13.5. The van der Waals surface area contributed by atoms with Crippen LogP contribution in [0.1, 0.15) is 44.2 Å². The van der Waals surface area contributed by atoms with Crippen LogP contribution in [0.3, 0.4) is 0 Å². The summed E-state index contributed by atoms with van der Waals surface area (Å²) < 4.78 is 5.41. The molecule has 2 heterocycles. The predicted molar refractivity (Wildman–Crippen MR) is 109 cm³/mol. The Hall–Kier alpha value is -2.41. The number of piperazine rings is 1. The Labute approximate surface area is 172 Å². The van der Waals surface area contributed by atoms with Crippen molar-refractivity contribution in [1.29, 1.82) is 0 Å². The van der Waals surface area contributed by atoms with Crippen LogP contribution in [0.5, 0.6) is 0 Å². The number of nitrogens with zero attached hydrogens (tertiary/aromatic N) is 3. The van der Waals surface area contributed by atoms with Crippen molar-refractivity contribution >= 4 is 17.7 Å². The number of carbonyl (C=O) groups excluding carboxylic acids is 3. The van der Waals surface area contributed by atoms with E-state index in [9.17, 15) is 14.4 Å². The molecule has 0 spiro atoms. The van der Waals surface area contributed by atoms with Gasteiger partial charge in [-0.15, -0.1) is 0 Å². The van der Waals surface area contributed by atoms with Crippen LogP contribution < -0.4 is 0 Å². The standard InChI is InChI=1S/C22H31N3O4/c1-3-4-12-24-13-14-25(22(28)21(24)27)19(17-8-6-5-7-9-17)20(26)23(2)18-10-15-29-16-11-18/h5-9,18-19H,3-4,10-16H2,1-2H3/t19-/m1/s1. The maximum Gasteiger partial charge on any atom is 0.313 e. The van der Waals surface area contributed by atoms with E-state index in [4.69, 9.17) is 4.74 Å². The van der Waals surface area contributed by atoms with Crippen molar-refractivity contribution in [2.45, 2.75) is 44.7 Å². The van der Waals surface area contributed by atoms with Crippen LogP contribution in [0.15, 0.2) is 30.3 Å². The van der Waals surface area contributed by atoms with E-state index in [-0.39, 0.29) is 11.9 Å². The van der Waals surface area contributed by atoms with Crippen LogP contribution >= 0.6 is 0 Å². The average Bonchev–Trinajstić information content (AvgIpc) is 2.77. The zero-order valence-electron chi connectivity index (χ0n) is 17.4. The average molecular weight is 402 g/mol. The zero-order valence-corrected chi connectivity index (χ0v) is 17.4. The van der Waals surface area contributed by atoms with E-state index in [0.29, 0.717) is 32.8 Å². The smallest absolute Gasteiger partial charge is 0.313 e. The highest BCUT2D eigenvalue weighted by Crippen LogP contribution is 2.27. The van der Waals surface area contributed by atoms with E-state index in [2.05, 4.69) is 6.92 Å². The van der Waals surface area contributed by atoms with Gasteiger partial charge in [0.15, 0.2) is 0 Å². The number of hydrogen-bond donors (Lipinski definition) is 0.